The highest BCUT2D eigenvalue weighted by atomic mass is 35.5. The Morgan fingerprint density at radius 1 is 1.23 bits per heavy atom. The van der Waals surface area contributed by atoms with Gasteiger partial charge in [-0.1, -0.05) is 11.6 Å². The number of benzene rings is 1. The van der Waals surface area contributed by atoms with Crippen molar-refractivity contribution >= 4 is 23.5 Å². The van der Waals surface area contributed by atoms with Crippen molar-refractivity contribution in [3.63, 3.8) is 0 Å². The number of aromatic nitrogens is 3. The summed E-state index contributed by atoms with van der Waals surface area (Å²) in [6, 6.07) is 10.5. The predicted octanol–water partition coefficient (Wildman–Crippen LogP) is 3.39. The maximum atomic E-state index is 12.2. The van der Waals surface area contributed by atoms with E-state index in [-0.39, 0.29) is 5.91 Å². The number of imidazole rings is 1. The van der Waals surface area contributed by atoms with Crippen LogP contribution in [0.15, 0.2) is 55.0 Å². The Balaban J connectivity index is 1.82. The molecule has 0 bridgehead atoms. The lowest BCUT2D eigenvalue weighted by molar-refractivity contribution is 0.102. The van der Waals surface area contributed by atoms with Gasteiger partial charge in [0.05, 0.1) is 5.69 Å². The van der Waals surface area contributed by atoms with Gasteiger partial charge in [-0.15, -0.1) is 0 Å². The molecule has 3 aromatic rings. The van der Waals surface area contributed by atoms with Gasteiger partial charge in [-0.05, 0) is 36.4 Å². The SMILES string of the molecule is Cn1cc(-c2cccnc2)nc1NC(=O)c1ccc(Cl)cc1. The smallest absolute Gasteiger partial charge is 0.257 e. The molecule has 3 rings (SSSR count). The number of rotatable bonds is 3. The Bertz CT molecular complexity index is 797. The van der Waals surface area contributed by atoms with Crippen LogP contribution in [0.5, 0.6) is 0 Å². The summed E-state index contributed by atoms with van der Waals surface area (Å²) in [4.78, 5) is 20.7. The lowest BCUT2D eigenvalue weighted by atomic mass is 10.2. The number of anilines is 1. The van der Waals surface area contributed by atoms with E-state index < -0.39 is 0 Å². The first-order valence-corrected chi connectivity index (χ1v) is 7.02. The summed E-state index contributed by atoms with van der Waals surface area (Å²) in [5.41, 5.74) is 2.17. The van der Waals surface area contributed by atoms with Crippen LogP contribution in [0, 0.1) is 0 Å². The van der Waals surface area contributed by atoms with Crippen LogP contribution in [0.4, 0.5) is 5.95 Å². The minimum absolute atomic E-state index is 0.233. The first kappa shape index (κ1) is 14.3. The molecule has 6 heteroatoms. The highest BCUT2D eigenvalue weighted by molar-refractivity contribution is 6.30. The first-order chi connectivity index (χ1) is 10.6. The Labute approximate surface area is 132 Å². The van der Waals surface area contributed by atoms with E-state index >= 15 is 0 Å². The molecule has 0 unspecified atom stereocenters. The highest BCUT2D eigenvalue weighted by Gasteiger charge is 2.12. The van der Waals surface area contributed by atoms with Crippen molar-refractivity contribution in [1.82, 2.24) is 14.5 Å². The first-order valence-electron chi connectivity index (χ1n) is 6.64. The average Bonchev–Trinajstić information content (AvgIpc) is 2.90. The zero-order chi connectivity index (χ0) is 15.5. The van der Waals surface area contributed by atoms with Gasteiger partial charge >= 0.3 is 0 Å². The van der Waals surface area contributed by atoms with Gasteiger partial charge in [-0.3, -0.25) is 15.1 Å². The van der Waals surface area contributed by atoms with Crippen LogP contribution < -0.4 is 5.32 Å². The molecule has 2 heterocycles. The summed E-state index contributed by atoms with van der Waals surface area (Å²) in [6.07, 6.45) is 5.28. The third-order valence-electron chi connectivity index (χ3n) is 3.17. The van der Waals surface area contributed by atoms with E-state index in [0.717, 1.165) is 11.3 Å². The number of carbonyl (C=O) groups excluding carboxylic acids is 1. The van der Waals surface area contributed by atoms with Crippen LogP contribution >= 0.6 is 11.6 Å². The number of amides is 1. The maximum absolute atomic E-state index is 12.2. The number of carbonyl (C=O) groups is 1. The zero-order valence-electron chi connectivity index (χ0n) is 11.8. The van der Waals surface area contributed by atoms with Crippen LogP contribution in [-0.2, 0) is 7.05 Å². The molecule has 0 radical (unpaired) electrons. The van der Waals surface area contributed by atoms with Crippen molar-refractivity contribution < 1.29 is 4.79 Å². The molecule has 0 aliphatic carbocycles. The van der Waals surface area contributed by atoms with E-state index in [9.17, 15) is 4.79 Å². The van der Waals surface area contributed by atoms with Crippen LogP contribution in [-0.4, -0.2) is 20.4 Å². The van der Waals surface area contributed by atoms with Crippen molar-refractivity contribution in [2.45, 2.75) is 0 Å². The molecule has 0 saturated carbocycles. The minimum Gasteiger partial charge on any atom is -0.320 e. The standard InChI is InChI=1S/C16H13ClN4O/c1-21-10-14(12-3-2-8-18-9-12)19-16(21)20-15(22)11-4-6-13(17)7-5-11/h2-10H,1H3,(H,19,20,22). The number of halogens is 1. The second-order valence-corrected chi connectivity index (χ2v) is 5.20. The van der Waals surface area contributed by atoms with Gasteiger partial charge in [0, 0.05) is 41.8 Å². The Kier molecular flexibility index (Phi) is 3.89. The highest BCUT2D eigenvalue weighted by Crippen LogP contribution is 2.19. The Morgan fingerprint density at radius 2 is 2.00 bits per heavy atom. The predicted molar refractivity (Wildman–Crippen MR) is 85.8 cm³/mol. The molecule has 0 spiro atoms. The largest absolute Gasteiger partial charge is 0.320 e. The van der Waals surface area contributed by atoms with Crippen molar-refractivity contribution in [2.24, 2.45) is 7.05 Å². The number of aryl methyl sites for hydroxylation is 1. The van der Waals surface area contributed by atoms with Crippen molar-refractivity contribution in [2.75, 3.05) is 5.32 Å². The number of pyridine rings is 1. The van der Waals surface area contributed by atoms with Gasteiger partial charge in [0.15, 0.2) is 0 Å². The Morgan fingerprint density at radius 3 is 2.68 bits per heavy atom. The molecule has 0 fully saturated rings. The number of nitrogens with one attached hydrogen (secondary N) is 1. The monoisotopic (exact) mass is 312 g/mol. The molecule has 0 saturated heterocycles. The fraction of sp³-hybridized carbons (Fsp3) is 0.0625. The molecule has 1 amide bonds. The molecule has 0 aliphatic heterocycles. The summed E-state index contributed by atoms with van der Waals surface area (Å²) >= 11 is 5.82. The van der Waals surface area contributed by atoms with E-state index in [0.29, 0.717) is 16.5 Å². The molecular formula is C16H13ClN4O. The van der Waals surface area contributed by atoms with Crippen LogP contribution in [0.1, 0.15) is 10.4 Å². The average molecular weight is 313 g/mol. The third-order valence-corrected chi connectivity index (χ3v) is 3.42. The van der Waals surface area contributed by atoms with Gasteiger partial charge < -0.3 is 4.57 Å². The van der Waals surface area contributed by atoms with Gasteiger partial charge in [0.25, 0.3) is 5.91 Å². The quantitative estimate of drug-likeness (QED) is 0.806. The maximum Gasteiger partial charge on any atom is 0.257 e. The molecule has 1 aromatic carbocycles. The van der Waals surface area contributed by atoms with Gasteiger partial charge in [-0.2, -0.15) is 0 Å². The molecule has 0 aliphatic rings. The van der Waals surface area contributed by atoms with Gasteiger partial charge in [0.1, 0.15) is 0 Å². The number of nitrogens with zero attached hydrogens (tertiary/aromatic N) is 3. The van der Waals surface area contributed by atoms with Gasteiger partial charge in [-0.25, -0.2) is 4.98 Å². The molecule has 0 atom stereocenters. The van der Waals surface area contributed by atoms with E-state index in [1.807, 2.05) is 25.4 Å². The molecule has 110 valence electrons. The Hall–Kier alpha value is -2.66. The van der Waals surface area contributed by atoms with Crippen molar-refractivity contribution in [3.8, 4) is 11.3 Å². The fourth-order valence-electron chi connectivity index (χ4n) is 2.01. The summed E-state index contributed by atoms with van der Waals surface area (Å²) in [5.74, 6) is 0.238. The third kappa shape index (κ3) is 2.99. The van der Waals surface area contributed by atoms with E-state index in [1.165, 1.54) is 0 Å². The number of hydrogen-bond donors (Lipinski definition) is 1. The van der Waals surface area contributed by atoms with Crippen LogP contribution in [0.25, 0.3) is 11.3 Å². The van der Waals surface area contributed by atoms with E-state index in [4.69, 9.17) is 11.6 Å². The summed E-state index contributed by atoms with van der Waals surface area (Å²) in [5, 5.41) is 3.38. The second-order valence-electron chi connectivity index (χ2n) is 4.76. The molecular weight excluding hydrogens is 300 g/mol. The van der Waals surface area contributed by atoms with Crippen LogP contribution in [0.3, 0.4) is 0 Å². The zero-order valence-corrected chi connectivity index (χ0v) is 12.6. The fourth-order valence-corrected chi connectivity index (χ4v) is 2.14. The van der Waals surface area contributed by atoms with Crippen LogP contribution in [0.2, 0.25) is 5.02 Å². The second kappa shape index (κ2) is 5.99. The van der Waals surface area contributed by atoms with Crippen molar-refractivity contribution in [1.29, 1.82) is 0 Å². The molecule has 22 heavy (non-hydrogen) atoms. The van der Waals surface area contributed by atoms with Gasteiger partial charge in [0.2, 0.25) is 5.95 Å². The number of hydrogen-bond acceptors (Lipinski definition) is 3. The summed E-state index contributed by atoms with van der Waals surface area (Å²) < 4.78 is 1.76. The van der Waals surface area contributed by atoms with E-state index in [2.05, 4.69) is 15.3 Å². The molecule has 1 N–H and O–H groups in total. The summed E-state index contributed by atoms with van der Waals surface area (Å²) in [7, 11) is 1.82. The molecule has 5 nitrogen and oxygen atoms in total. The summed E-state index contributed by atoms with van der Waals surface area (Å²) in [6.45, 7) is 0. The topological polar surface area (TPSA) is 59.8 Å². The van der Waals surface area contributed by atoms with E-state index in [1.54, 1.807) is 41.2 Å². The normalized spacial score (nSPS) is 10.5. The lowest BCUT2D eigenvalue weighted by Crippen LogP contribution is -2.14. The minimum atomic E-state index is -0.233. The van der Waals surface area contributed by atoms with Crippen molar-refractivity contribution in [3.05, 3.63) is 65.6 Å². The lowest BCUT2D eigenvalue weighted by Gasteiger charge is -2.04. The molecule has 2 aromatic heterocycles.